The molecule has 0 unspecified atom stereocenters. The summed E-state index contributed by atoms with van der Waals surface area (Å²) in [5.41, 5.74) is 0.791. The molecule has 0 atom stereocenters. The number of methoxy groups -OCH3 is 1. The minimum absolute atomic E-state index is 0.0615. The molecule has 0 bridgehead atoms. The second kappa shape index (κ2) is 6.82. The highest BCUT2D eigenvalue weighted by molar-refractivity contribution is 7.98. The van der Waals surface area contributed by atoms with Crippen molar-refractivity contribution < 1.29 is 18.3 Å². The van der Waals surface area contributed by atoms with Crippen LogP contribution in [-0.4, -0.2) is 34.5 Å². The van der Waals surface area contributed by atoms with E-state index in [0.717, 1.165) is 22.7 Å². The number of rotatable bonds is 5. The molecule has 1 aromatic carbocycles. The Hall–Kier alpha value is -2.06. The molecule has 2 aromatic heterocycles. The smallest absolute Gasteiger partial charge is 0.387 e. The summed E-state index contributed by atoms with van der Waals surface area (Å²) in [5.74, 6) is 0.0295. The Bertz CT molecular complexity index is 863. The fourth-order valence-corrected chi connectivity index (χ4v) is 2.91. The molecule has 0 saturated heterocycles. The molecule has 0 N–H and O–H groups in total. The van der Waals surface area contributed by atoms with Crippen LogP contribution in [0.1, 0.15) is 0 Å². The van der Waals surface area contributed by atoms with E-state index in [4.69, 9.17) is 16.3 Å². The Morgan fingerprint density at radius 3 is 2.71 bits per heavy atom. The molecule has 0 fully saturated rings. The van der Waals surface area contributed by atoms with Gasteiger partial charge in [0, 0.05) is 16.6 Å². The number of thioether (sulfide) groups is 1. The predicted molar refractivity (Wildman–Crippen MR) is 88.8 cm³/mol. The molecular weight excluding hydrogens is 360 g/mol. The van der Waals surface area contributed by atoms with Crippen molar-refractivity contribution in [3.63, 3.8) is 0 Å². The maximum absolute atomic E-state index is 12.6. The van der Waals surface area contributed by atoms with Crippen molar-refractivity contribution in [2.75, 3.05) is 13.4 Å². The second-order valence-corrected chi connectivity index (χ2v) is 5.87. The first-order valence-electron chi connectivity index (χ1n) is 6.75. The number of hydrogen-bond acceptors (Lipinski definition) is 5. The molecule has 0 amide bonds. The van der Waals surface area contributed by atoms with Crippen LogP contribution in [0.25, 0.3) is 16.9 Å². The summed E-state index contributed by atoms with van der Waals surface area (Å²) >= 11 is 7.21. The van der Waals surface area contributed by atoms with Crippen molar-refractivity contribution in [3.8, 4) is 17.6 Å². The van der Waals surface area contributed by atoms with Gasteiger partial charge in [-0.05, 0) is 24.5 Å². The van der Waals surface area contributed by atoms with Crippen LogP contribution >= 0.6 is 23.4 Å². The van der Waals surface area contributed by atoms with Crippen molar-refractivity contribution in [2.45, 2.75) is 11.6 Å². The van der Waals surface area contributed by atoms with Crippen molar-refractivity contribution in [3.05, 3.63) is 35.5 Å². The third-order valence-corrected chi connectivity index (χ3v) is 4.15. The monoisotopic (exact) mass is 371 g/mol. The standard InChI is InChI=1S/C15H12ClF2N3O2S/c1-22-12-11(23-14(17)18)13(24-2)20-15(19-12)21-6-5-8-3-4-9(16)7-10(8)21/h3-7,14H,1-2H3. The number of benzene rings is 1. The SMILES string of the molecule is COc1nc(-n2ccc3ccc(Cl)cc32)nc(SC)c1OC(F)F. The fourth-order valence-electron chi connectivity index (χ4n) is 2.25. The quantitative estimate of drug-likeness (QED) is 0.491. The lowest BCUT2D eigenvalue weighted by molar-refractivity contribution is -0.0539. The molecule has 2 heterocycles. The first-order valence-corrected chi connectivity index (χ1v) is 8.35. The van der Waals surface area contributed by atoms with Gasteiger partial charge in [-0.3, -0.25) is 4.57 Å². The zero-order valence-corrected chi connectivity index (χ0v) is 14.2. The van der Waals surface area contributed by atoms with Crippen LogP contribution in [0, 0.1) is 0 Å². The molecule has 3 aromatic rings. The molecule has 0 radical (unpaired) electrons. The third kappa shape index (κ3) is 3.11. The first kappa shape index (κ1) is 16.8. The van der Waals surface area contributed by atoms with Crippen LogP contribution < -0.4 is 9.47 Å². The number of aromatic nitrogens is 3. The lowest BCUT2D eigenvalue weighted by Crippen LogP contribution is -2.09. The third-order valence-electron chi connectivity index (χ3n) is 3.26. The molecule has 5 nitrogen and oxygen atoms in total. The first-order chi connectivity index (χ1) is 11.5. The van der Waals surface area contributed by atoms with Gasteiger partial charge >= 0.3 is 6.61 Å². The van der Waals surface area contributed by atoms with Crippen LogP contribution in [0.4, 0.5) is 8.78 Å². The molecule has 126 valence electrons. The van der Waals surface area contributed by atoms with E-state index in [2.05, 4.69) is 14.7 Å². The Labute approximate surface area is 145 Å². The molecule has 0 aliphatic rings. The van der Waals surface area contributed by atoms with Crippen molar-refractivity contribution >= 4 is 34.3 Å². The van der Waals surface area contributed by atoms with Crippen LogP contribution in [0.5, 0.6) is 11.6 Å². The van der Waals surface area contributed by atoms with Crippen molar-refractivity contribution in [1.29, 1.82) is 0 Å². The molecule has 9 heteroatoms. The molecule has 0 aliphatic carbocycles. The molecular formula is C15H12ClF2N3O2S. The molecule has 0 spiro atoms. The van der Waals surface area contributed by atoms with E-state index in [-0.39, 0.29) is 22.6 Å². The maximum atomic E-state index is 12.6. The molecule has 24 heavy (non-hydrogen) atoms. The summed E-state index contributed by atoms with van der Waals surface area (Å²) in [4.78, 5) is 8.50. The summed E-state index contributed by atoms with van der Waals surface area (Å²) < 4.78 is 36.5. The summed E-state index contributed by atoms with van der Waals surface area (Å²) in [6.45, 7) is -2.99. The summed E-state index contributed by atoms with van der Waals surface area (Å²) in [6, 6.07) is 7.30. The second-order valence-electron chi connectivity index (χ2n) is 4.64. The van der Waals surface area contributed by atoms with Crippen molar-refractivity contribution in [2.24, 2.45) is 0 Å². The van der Waals surface area contributed by atoms with E-state index in [0.29, 0.717) is 5.02 Å². The van der Waals surface area contributed by atoms with Crippen LogP contribution in [0.2, 0.25) is 5.02 Å². The lowest BCUT2D eigenvalue weighted by Gasteiger charge is -2.14. The minimum atomic E-state index is -2.99. The zero-order valence-electron chi connectivity index (χ0n) is 12.7. The van der Waals surface area contributed by atoms with Crippen molar-refractivity contribution in [1.82, 2.24) is 14.5 Å². The summed E-state index contributed by atoms with van der Waals surface area (Å²) in [5, 5.41) is 1.76. The number of ether oxygens (including phenoxy) is 2. The number of fused-ring (bicyclic) bond motifs is 1. The molecule has 0 aliphatic heterocycles. The average molecular weight is 372 g/mol. The fraction of sp³-hybridized carbons (Fsp3) is 0.200. The number of nitrogens with zero attached hydrogens (tertiary/aromatic N) is 3. The molecule has 0 saturated carbocycles. The highest BCUT2D eigenvalue weighted by Gasteiger charge is 2.21. The number of halogens is 3. The van der Waals surface area contributed by atoms with Gasteiger partial charge in [0.2, 0.25) is 11.7 Å². The van der Waals surface area contributed by atoms with Gasteiger partial charge in [0.05, 0.1) is 12.6 Å². The summed E-state index contributed by atoms with van der Waals surface area (Å²) in [6.07, 6.45) is 3.47. The Morgan fingerprint density at radius 2 is 2.04 bits per heavy atom. The van der Waals surface area contributed by atoms with Gasteiger partial charge in [0.1, 0.15) is 5.03 Å². The predicted octanol–water partition coefficient (Wildman–Crippen LogP) is 4.41. The van der Waals surface area contributed by atoms with E-state index in [9.17, 15) is 8.78 Å². The van der Waals surface area contributed by atoms with Crippen LogP contribution in [-0.2, 0) is 0 Å². The van der Waals surface area contributed by atoms with E-state index in [1.165, 1.54) is 7.11 Å². The van der Waals surface area contributed by atoms with E-state index in [1.807, 2.05) is 12.1 Å². The van der Waals surface area contributed by atoms with Crippen LogP contribution in [0.3, 0.4) is 0 Å². The normalized spacial score (nSPS) is 11.2. The summed E-state index contributed by atoms with van der Waals surface area (Å²) in [7, 11) is 1.33. The van der Waals surface area contributed by atoms with E-state index >= 15 is 0 Å². The Morgan fingerprint density at radius 1 is 1.25 bits per heavy atom. The zero-order chi connectivity index (χ0) is 17.3. The highest BCUT2D eigenvalue weighted by atomic mass is 35.5. The lowest BCUT2D eigenvalue weighted by atomic mass is 10.2. The van der Waals surface area contributed by atoms with Gasteiger partial charge in [0.15, 0.2) is 0 Å². The van der Waals surface area contributed by atoms with E-state index in [1.54, 1.807) is 29.2 Å². The highest BCUT2D eigenvalue weighted by Crippen LogP contribution is 2.36. The van der Waals surface area contributed by atoms with Gasteiger partial charge < -0.3 is 9.47 Å². The topological polar surface area (TPSA) is 49.2 Å². The van der Waals surface area contributed by atoms with Gasteiger partial charge in [0.25, 0.3) is 5.88 Å². The Kier molecular flexibility index (Phi) is 4.77. The molecule has 3 rings (SSSR count). The van der Waals surface area contributed by atoms with E-state index < -0.39 is 6.61 Å². The largest absolute Gasteiger partial charge is 0.478 e. The van der Waals surface area contributed by atoms with Gasteiger partial charge in [-0.25, -0.2) is 4.98 Å². The number of hydrogen-bond donors (Lipinski definition) is 0. The van der Waals surface area contributed by atoms with Gasteiger partial charge in [-0.15, -0.1) is 11.8 Å². The minimum Gasteiger partial charge on any atom is -0.478 e. The van der Waals surface area contributed by atoms with Gasteiger partial charge in [-0.1, -0.05) is 17.7 Å². The van der Waals surface area contributed by atoms with Gasteiger partial charge in [-0.2, -0.15) is 13.8 Å². The Balaban J connectivity index is 2.18. The number of alkyl halides is 2. The van der Waals surface area contributed by atoms with Crippen LogP contribution in [0.15, 0.2) is 35.5 Å². The maximum Gasteiger partial charge on any atom is 0.387 e. The average Bonchev–Trinajstić information content (AvgIpc) is 2.97.